The van der Waals surface area contributed by atoms with Gasteiger partial charge in [0.25, 0.3) is 0 Å². The summed E-state index contributed by atoms with van der Waals surface area (Å²) >= 11 is 0. The van der Waals surface area contributed by atoms with Gasteiger partial charge in [-0.1, -0.05) is 0 Å². The fraction of sp³-hybridized carbons (Fsp3) is 0.522. The van der Waals surface area contributed by atoms with E-state index in [4.69, 9.17) is 4.74 Å². The molecule has 0 bridgehead atoms. The molecule has 1 atom stereocenters. The molecule has 3 aromatic heterocycles. The molecule has 6 nitrogen and oxygen atoms in total. The number of carbonyl (C=O) groups excluding carboxylic acids is 1. The fourth-order valence-electron chi connectivity index (χ4n) is 4.32. The largest absolute Gasteiger partial charge is 0.444 e. The summed E-state index contributed by atoms with van der Waals surface area (Å²) in [5.74, 6) is 0.279. The molecule has 154 valence electrons. The molecule has 0 radical (unpaired) electrons. The highest BCUT2D eigenvalue weighted by Gasteiger charge is 2.30. The van der Waals surface area contributed by atoms with E-state index in [1.54, 1.807) is 0 Å². The molecule has 6 heteroatoms. The monoisotopic (exact) mass is 395 g/mol. The minimum Gasteiger partial charge on any atom is -0.444 e. The van der Waals surface area contributed by atoms with Crippen molar-refractivity contribution in [2.45, 2.75) is 65.0 Å². The number of aromatic nitrogens is 3. The van der Waals surface area contributed by atoms with Gasteiger partial charge in [-0.3, -0.25) is 0 Å². The van der Waals surface area contributed by atoms with E-state index >= 15 is 0 Å². The zero-order valence-electron chi connectivity index (χ0n) is 18.0. The first-order valence-corrected chi connectivity index (χ1v) is 10.5. The number of hydrogen-bond donors (Lipinski definition) is 1. The summed E-state index contributed by atoms with van der Waals surface area (Å²) in [7, 11) is 0. The van der Waals surface area contributed by atoms with Gasteiger partial charge < -0.3 is 14.6 Å². The molecule has 1 aliphatic heterocycles. The van der Waals surface area contributed by atoms with Crippen LogP contribution in [0, 0.1) is 0 Å². The van der Waals surface area contributed by atoms with E-state index < -0.39 is 5.60 Å². The molecule has 4 rings (SSSR count). The summed E-state index contributed by atoms with van der Waals surface area (Å²) in [5.41, 5.74) is 2.91. The predicted octanol–water partition coefficient (Wildman–Crippen LogP) is 4.70. The van der Waals surface area contributed by atoms with Gasteiger partial charge in [0.2, 0.25) is 0 Å². The SMILES string of the molecule is CC(C)[n+]1cc2[nH]ccc(C3CCCN(C(=O)OC(C)(C)C)C3)c2c2ccnc21. The number of carbonyl (C=O) groups is 1. The van der Waals surface area contributed by atoms with Gasteiger partial charge in [-0.05, 0) is 70.1 Å². The van der Waals surface area contributed by atoms with Crippen LogP contribution in [0.4, 0.5) is 4.79 Å². The molecule has 3 aromatic rings. The second kappa shape index (κ2) is 7.32. The molecule has 1 saturated heterocycles. The third-order valence-electron chi connectivity index (χ3n) is 5.59. The molecule has 1 N–H and O–H groups in total. The minimum atomic E-state index is -0.476. The molecular weight excluding hydrogens is 364 g/mol. The molecule has 0 saturated carbocycles. The molecule has 0 spiro atoms. The molecular formula is C23H31N4O2+. The van der Waals surface area contributed by atoms with Crippen LogP contribution in [0.25, 0.3) is 21.9 Å². The van der Waals surface area contributed by atoms with Crippen LogP contribution in [-0.4, -0.2) is 39.7 Å². The molecule has 29 heavy (non-hydrogen) atoms. The Kier molecular flexibility index (Phi) is 4.97. The van der Waals surface area contributed by atoms with E-state index in [1.165, 1.54) is 10.9 Å². The zero-order valence-corrected chi connectivity index (χ0v) is 18.0. The lowest BCUT2D eigenvalue weighted by molar-refractivity contribution is -0.691. The van der Waals surface area contributed by atoms with Gasteiger partial charge in [0, 0.05) is 30.6 Å². The first-order chi connectivity index (χ1) is 13.7. The maximum absolute atomic E-state index is 12.6. The highest BCUT2D eigenvalue weighted by atomic mass is 16.6. The Bertz CT molecular complexity index is 1050. The van der Waals surface area contributed by atoms with Gasteiger partial charge in [0.05, 0.1) is 16.9 Å². The number of nitrogens with one attached hydrogen (secondary N) is 1. The quantitative estimate of drug-likeness (QED) is 0.640. The lowest BCUT2D eigenvalue weighted by atomic mass is 9.88. The van der Waals surface area contributed by atoms with Crippen molar-refractivity contribution >= 4 is 28.0 Å². The van der Waals surface area contributed by atoms with Crippen molar-refractivity contribution in [3.05, 3.63) is 36.3 Å². The minimum absolute atomic E-state index is 0.216. The lowest BCUT2D eigenvalue weighted by Gasteiger charge is -2.34. The Balaban J connectivity index is 1.74. The number of rotatable bonds is 2. The average Bonchev–Trinajstić information content (AvgIpc) is 3.15. The second-order valence-corrected chi connectivity index (χ2v) is 9.30. The average molecular weight is 396 g/mol. The van der Waals surface area contributed by atoms with Crippen LogP contribution in [0.5, 0.6) is 0 Å². The summed E-state index contributed by atoms with van der Waals surface area (Å²) in [6, 6.07) is 4.59. The Morgan fingerprint density at radius 1 is 1.34 bits per heavy atom. The second-order valence-electron chi connectivity index (χ2n) is 9.30. The van der Waals surface area contributed by atoms with Crippen molar-refractivity contribution in [1.29, 1.82) is 0 Å². The maximum atomic E-state index is 12.6. The van der Waals surface area contributed by atoms with Crippen LogP contribution in [0.2, 0.25) is 0 Å². The summed E-state index contributed by atoms with van der Waals surface area (Å²) in [4.78, 5) is 22.5. The first-order valence-electron chi connectivity index (χ1n) is 10.5. The highest BCUT2D eigenvalue weighted by Crippen LogP contribution is 2.34. The Labute approximate surface area is 171 Å². The summed E-state index contributed by atoms with van der Waals surface area (Å²) in [6.07, 6.45) is 7.88. The number of H-pyrrole nitrogens is 1. The van der Waals surface area contributed by atoms with E-state index in [0.717, 1.165) is 35.9 Å². The van der Waals surface area contributed by atoms with Crippen molar-refractivity contribution in [3.63, 3.8) is 0 Å². The van der Waals surface area contributed by atoms with Crippen LogP contribution >= 0.6 is 0 Å². The fourth-order valence-corrected chi connectivity index (χ4v) is 4.32. The highest BCUT2D eigenvalue weighted by molar-refractivity contribution is 6.03. The Morgan fingerprint density at radius 2 is 2.14 bits per heavy atom. The molecule has 1 unspecified atom stereocenters. The number of aromatic amines is 1. The topological polar surface area (TPSA) is 62.1 Å². The third kappa shape index (κ3) is 3.80. The van der Waals surface area contributed by atoms with Crippen molar-refractivity contribution in [2.24, 2.45) is 0 Å². The van der Waals surface area contributed by atoms with Gasteiger partial charge >= 0.3 is 11.7 Å². The molecule has 0 aromatic carbocycles. The number of likely N-dealkylation sites (tertiary alicyclic amines) is 1. The van der Waals surface area contributed by atoms with Crippen molar-refractivity contribution in [3.8, 4) is 0 Å². The van der Waals surface area contributed by atoms with Crippen LogP contribution in [0.3, 0.4) is 0 Å². The number of pyridine rings is 2. The first kappa shape index (κ1) is 19.7. The van der Waals surface area contributed by atoms with Gasteiger partial charge in [-0.25, -0.2) is 9.36 Å². The number of nitrogens with zero attached hydrogens (tertiary/aromatic N) is 3. The van der Waals surface area contributed by atoms with E-state index in [2.05, 4.69) is 46.7 Å². The maximum Gasteiger partial charge on any atom is 0.410 e. The Hall–Kier alpha value is -2.63. The van der Waals surface area contributed by atoms with Crippen LogP contribution < -0.4 is 4.57 Å². The predicted molar refractivity (Wildman–Crippen MR) is 114 cm³/mol. The molecule has 4 heterocycles. The van der Waals surface area contributed by atoms with E-state index in [9.17, 15) is 4.79 Å². The Morgan fingerprint density at radius 3 is 2.86 bits per heavy atom. The molecule has 1 aliphatic rings. The van der Waals surface area contributed by atoms with Crippen LogP contribution in [0.1, 0.15) is 65.0 Å². The number of ether oxygens (including phenoxy) is 1. The standard InChI is InChI=1S/C23H30N4O2/c1-15(2)27-14-19-20(18-9-11-25-21(18)27)17(8-10-24-19)16-7-6-12-26(13-16)22(28)29-23(3,4)5/h8-11,14-16H,6-7,12-13H2,1-5H3/p+1. The summed E-state index contributed by atoms with van der Waals surface area (Å²) < 4.78 is 7.83. The number of fused-ring (bicyclic) bond motifs is 3. The third-order valence-corrected chi connectivity index (χ3v) is 5.59. The molecule has 1 fully saturated rings. The number of hydrogen-bond acceptors (Lipinski definition) is 3. The molecule has 0 aliphatic carbocycles. The van der Waals surface area contributed by atoms with E-state index in [1.807, 2.05) is 38.1 Å². The summed E-state index contributed by atoms with van der Waals surface area (Å²) in [5, 5.41) is 2.38. The van der Waals surface area contributed by atoms with Gasteiger partial charge in [0.15, 0.2) is 0 Å². The number of piperidine rings is 1. The number of amides is 1. The molecule has 1 amide bonds. The lowest BCUT2D eigenvalue weighted by Crippen LogP contribution is -2.42. The normalized spacial score (nSPS) is 18.0. The van der Waals surface area contributed by atoms with E-state index in [0.29, 0.717) is 12.6 Å². The van der Waals surface area contributed by atoms with Crippen molar-refractivity contribution in [2.75, 3.05) is 13.1 Å². The smallest absolute Gasteiger partial charge is 0.410 e. The van der Waals surface area contributed by atoms with Crippen LogP contribution in [-0.2, 0) is 4.74 Å². The van der Waals surface area contributed by atoms with E-state index in [-0.39, 0.29) is 12.0 Å². The van der Waals surface area contributed by atoms with Crippen LogP contribution in [0.15, 0.2) is 30.7 Å². The van der Waals surface area contributed by atoms with Gasteiger partial charge in [0.1, 0.15) is 18.0 Å². The van der Waals surface area contributed by atoms with Gasteiger partial charge in [-0.15, -0.1) is 0 Å². The van der Waals surface area contributed by atoms with Gasteiger partial charge in [-0.2, -0.15) is 0 Å². The van der Waals surface area contributed by atoms with Crippen molar-refractivity contribution < 1.29 is 14.1 Å². The van der Waals surface area contributed by atoms with Crippen molar-refractivity contribution in [1.82, 2.24) is 14.9 Å². The zero-order chi connectivity index (χ0) is 20.8. The summed E-state index contributed by atoms with van der Waals surface area (Å²) in [6.45, 7) is 11.5.